The third-order valence-corrected chi connectivity index (χ3v) is 3.04. The van der Waals surface area contributed by atoms with Gasteiger partial charge in [0.2, 0.25) is 0 Å². The van der Waals surface area contributed by atoms with Crippen molar-refractivity contribution >= 4 is 23.0 Å². The second-order valence-electron chi connectivity index (χ2n) is 3.97. The smallest absolute Gasteiger partial charge is 0.143 e. The molecule has 19 heavy (non-hydrogen) atoms. The van der Waals surface area contributed by atoms with E-state index in [0.29, 0.717) is 16.5 Å². The summed E-state index contributed by atoms with van der Waals surface area (Å²) < 4.78 is 5.28. The molecule has 0 radical (unpaired) electrons. The third kappa shape index (κ3) is 2.95. The topological polar surface area (TPSA) is 57.9 Å². The van der Waals surface area contributed by atoms with Gasteiger partial charge in [-0.25, -0.2) is 4.98 Å². The molecule has 0 amide bonds. The molecule has 0 aliphatic carbocycles. The minimum absolute atomic E-state index is 0.356. The van der Waals surface area contributed by atoms with Crippen molar-refractivity contribution in [2.45, 2.75) is 6.92 Å². The molecule has 2 aromatic rings. The lowest BCUT2D eigenvalue weighted by molar-refractivity contribution is 0.417. The molecule has 0 aliphatic heterocycles. The van der Waals surface area contributed by atoms with Crippen molar-refractivity contribution in [3.05, 3.63) is 46.7 Å². The SMILES string of the molecule is COc1cc(Cl)c(C)cc1Nc1ccnc(C#N)c1. The average molecular weight is 274 g/mol. The van der Waals surface area contributed by atoms with E-state index >= 15 is 0 Å². The molecule has 0 aliphatic rings. The van der Waals surface area contributed by atoms with Crippen LogP contribution in [0.3, 0.4) is 0 Å². The molecular weight excluding hydrogens is 262 g/mol. The number of rotatable bonds is 3. The zero-order valence-corrected chi connectivity index (χ0v) is 11.3. The molecule has 1 aromatic heterocycles. The van der Waals surface area contributed by atoms with E-state index in [4.69, 9.17) is 21.6 Å². The number of nitrogens with zero attached hydrogens (tertiary/aromatic N) is 2. The van der Waals surface area contributed by atoms with E-state index in [1.165, 1.54) is 0 Å². The van der Waals surface area contributed by atoms with E-state index < -0.39 is 0 Å². The maximum absolute atomic E-state index is 8.83. The number of hydrogen-bond acceptors (Lipinski definition) is 4. The molecule has 2 rings (SSSR count). The Labute approximate surface area is 116 Å². The fourth-order valence-corrected chi connectivity index (χ4v) is 1.81. The molecule has 0 bridgehead atoms. The number of nitriles is 1. The van der Waals surface area contributed by atoms with E-state index in [9.17, 15) is 0 Å². The van der Waals surface area contributed by atoms with Crippen LogP contribution in [0.25, 0.3) is 0 Å². The lowest BCUT2D eigenvalue weighted by Gasteiger charge is -2.13. The first-order chi connectivity index (χ1) is 9.13. The lowest BCUT2D eigenvalue weighted by Crippen LogP contribution is -1.96. The Kier molecular flexibility index (Phi) is 3.88. The van der Waals surface area contributed by atoms with Crippen LogP contribution in [0.15, 0.2) is 30.5 Å². The Balaban J connectivity index is 2.37. The van der Waals surface area contributed by atoms with Crippen LogP contribution >= 0.6 is 11.6 Å². The van der Waals surface area contributed by atoms with Crippen molar-refractivity contribution in [3.8, 4) is 11.8 Å². The largest absolute Gasteiger partial charge is 0.495 e. The summed E-state index contributed by atoms with van der Waals surface area (Å²) in [5.74, 6) is 0.644. The lowest BCUT2D eigenvalue weighted by atomic mass is 10.2. The minimum atomic E-state index is 0.356. The predicted molar refractivity (Wildman–Crippen MR) is 75.0 cm³/mol. The van der Waals surface area contributed by atoms with E-state index in [1.54, 1.807) is 31.5 Å². The normalized spacial score (nSPS) is 9.79. The predicted octanol–water partition coefficient (Wildman–Crippen LogP) is 3.67. The molecule has 0 saturated carbocycles. The summed E-state index contributed by atoms with van der Waals surface area (Å²) in [6, 6.07) is 9.10. The first-order valence-corrected chi connectivity index (χ1v) is 5.99. The van der Waals surface area contributed by atoms with Crippen LogP contribution in [0.1, 0.15) is 11.3 Å². The van der Waals surface area contributed by atoms with Crippen LogP contribution in [0.2, 0.25) is 5.02 Å². The number of pyridine rings is 1. The van der Waals surface area contributed by atoms with Gasteiger partial charge in [-0.3, -0.25) is 0 Å². The van der Waals surface area contributed by atoms with Gasteiger partial charge in [-0.2, -0.15) is 5.26 Å². The number of benzene rings is 1. The fourth-order valence-electron chi connectivity index (χ4n) is 1.65. The summed E-state index contributed by atoms with van der Waals surface area (Å²) in [5.41, 5.74) is 2.86. The first kappa shape index (κ1) is 13.2. The molecule has 0 saturated heterocycles. The Hall–Kier alpha value is -2.25. The molecule has 1 heterocycles. The third-order valence-electron chi connectivity index (χ3n) is 2.63. The van der Waals surface area contributed by atoms with Crippen molar-refractivity contribution in [2.24, 2.45) is 0 Å². The van der Waals surface area contributed by atoms with Gasteiger partial charge in [0.25, 0.3) is 0 Å². The summed E-state index contributed by atoms with van der Waals surface area (Å²) in [7, 11) is 1.58. The van der Waals surface area contributed by atoms with Crippen LogP contribution in [0, 0.1) is 18.3 Å². The van der Waals surface area contributed by atoms with Crippen molar-refractivity contribution in [1.82, 2.24) is 4.98 Å². The van der Waals surface area contributed by atoms with Crippen molar-refractivity contribution in [1.29, 1.82) is 5.26 Å². The molecular formula is C14H12ClN3O. The maximum Gasteiger partial charge on any atom is 0.143 e. The van der Waals surface area contributed by atoms with E-state index in [-0.39, 0.29) is 0 Å². The van der Waals surface area contributed by atoms with Gasteiger partial charge in [0.05, 0.1) is 12.8 Å². The minimum Gasteiger partial charge on any atom is -0.495 e. The van der Waals surface area contributed by atoms with Gasteiger partial charge in [0.15, 0.2) is 0 Å². The monoisotopic (exact) mass is 273 g/mol. The van der Waals surface area contributed by atoms with E-state index in [2.05, 4.69) is 10.3 Å². The summed E-state index contributed by atoms with van der Waals surface area (Å²) in [4.78, 5) is 3.92. The van der Waals surface area contributed by atoms with Gasteiger partial charge in [0.1, 0.15) is 17.5 Å². The number of aryl methyl sites for hydroxylation is 1. The zero-order valence-electron chi connectivity index (χ0n) is 10.6. The summed E-state index contributed by atoms with van der Waals surface area (Å²) in [6.45, 7) is 1.92. The highest BCUT2D eigenvalue weighted by molar-refractivity contribution is 6.31. The highest BCUT2D eigenvalue weighted by Crippen LogP contribution is 2.32. The quantitative estimate of drug-likeness (QED) is 0.927. The van der Waals surface area contributed by atoms with E-state index in [1.807, 2.05) is 19.1 Å². The van der Waals surface area contributed by atoms with Crippen LogP contribution < -0.4 is 10.1 Å². The Morgan fingerprint density at radius 3 is 2.84 bits per heavy atom. The first-order valence-electron chi connectivity index (χ1n) is 5.61. The molecule has 5 heteroatoms. The summed E-state index contributed by atoms with van der Waals surface area (Å²) in [5, 5.41) is 12.7. The molecule has 0 unspecified atom stereocenters. The van der Waals surface area contributed by atoms with Crippen LogP contribution in [0.5, 0.6) is 5.75 Å². The number of halogens is 1. The van der Waals surface area contributed by atoms with Crippen molar-refractivity contribution < 1.29 is 4.74 Å². The zero-order chi connectivity index (χ0) is 13.8. The number of anilines is 2. The van der Waals surface area contributed by atoms with Crippen LogP contribution in [0.4, 0.5) is 11.4 Å². The number of methoxy groups -OCH3 is 1. The number of nitrogens with one attached hydrogen (secondary N) is 1. The Morgan fingerprint density at radius 2 is 2.16 bits per heavy atom. The molecule has 96 valence electrons. The fraction of sp³-hybridized carbons (Fsp3) is 0.143. The van der Waals surface area contributed by atoms with Gasteiger partial charge < -0.3 is 10.1 Å². The molecule has 0 fully saturated rings. The van der Waals surface area contributed by atoms with Gasteiger partial charge in [0, 0.05) is 23.0 Å². The standard InChI is InChI=1S/C14H12ClN3O/c1-9-5-13(14(19-2)7-12(9)15)18-10-3-4-17-11(6-10)8-16/h3-7H,1-2H3,(H,17,18). The Bertz CT molecular complexity index is 650. The summed E-state index contributed by atoms with van der Waals surface area (Å²) >= 11 is 6.05. The number of hydrogen-bond donors (Lipinski definition) is 1. The van der Waals surface area contributed by atoms with Crippen LogP contribution in [-0.2, 0) is 0 Å². The van der Waals surface area contributed by atoms with Gasteiger partial charge >= 0.3 is 0 Å². The van der Waals surface area contributed by atoms with Gasteiger partial charge in [-0.1, -0.05) is 11.6 Å². The molecule has 0 atom stereocenters. The van der Waals surface area contributed by atoms with Gasteiger partial charge in [-0.05, 0) is 30.7 Å². The molecule has 1 aromatic carbocycles. The van der Waals surface area contributed by atoms with Crippen molar-refractivity contribution in [3.63, 3.8) is 0 Å². The Morgan fingerprint density at radius 1 is 1.37 bits per heavy atom. The summed E-state index contributed by atoms with van der Waals surface area (Å²) in [6.07, 6.45) is 1.58. The number of aromatic nitrogens is 1. The van der Waals surface area contributed by atoms with Crippen molar-refractivity contribution in [2.75, 3.05) is 12.4 Å². The average Bonchev–Trinajstić information content (AvgIpc) is 2.43. The number of ether oxygens (including phenoxy) is 1. The van der Waals surface area contributed by atoms with Gasteiger partial charge in [-0.15, -0.1) is 0 Å². The maximum atomic E-state index is 8.83. The highest BCUT2D eigenvalue weighted by atomic mass is 35.5. The van der Waals surface area contributed by atoms with E-state index in [0.717, 1.165) is 16.9 Å². The second-order valence-corrected chi connectivity index (χ2v) is 4.38. The second kappa shape index (κ2) is 5.59. The molecule has 4 nitrogen and oxygen atoms in total. The molecule has 0 spiro atoms. The highest BCUT2D eigenvalue weighted by Gasteiger charge is 2.07. The molecule has 1 N–H and O–H groups in total. The van der Waals surface area contributed by atoms with Crippen LogP contribution in [-0.4, -0.2) is 12.1 Å².